The van der Waals surface area contributed by atoms with Crippen molar-refractivity contribution in [2.24, 2.45) is 0 Å². The van der Waals surface area contributed by atoms with Gasteiger partial charge >= 0.3 is 37.7 Å². The van der Waals surface area contributed by atoms with Crippen LogP contribution in [-0.4, -0.2) is 0 Å². The number of halogens is 2. The van der Waals surface area contributed by atoms with Crippen molar-refractivity contribution >= 4 is 0 Å². The zero-order chi connectivity index (χ0) is 0. The molecule has 0 fully saturated rings. The summed E-state index contributed by atoms with van der Waals surface area (Å²) in [6.45, 7) is 0. The quantitative estimate of drug-likeness (QED) is 0.241. The Bertz CT molecular complexity index is 7.61. The maximum Gasteiger partial charge on any atom is 1.00 e. The number of hydrogen-bond acceptors (Lipinski definition) is 0. The number of rotatable bonds is 0. The van der Waals surface area contributed by atoms with Gasteiger partial charge in [0.05, 0.1) is 0 Å². The van der Waals surface area contributed by atoms with Gasteiger partial charge in [-0.05, 0) is 0 Å². The third-order valence-corrected chi connectivity index (χ3v) is 0. The van der Waals surface area contributed by atoms with E-state index >= 15 is 0 Å². The van der Waals surface area contributed by atoms with Gasteiger partial charge in [-0.2, -0.15) is 0 Å². The van der Waals surface area contributed by atoms with Crippen LogP contribution < -0.4 is 42.4 Å². The Labute approximate surface area is 48.9 Å². The molecule has 0 spiro atoms. The molecule has 0 nitrogen and oxygen atoms in total. The second kappa shape index (κ2) is 34.0. The molecule has 0 aromatic rings. The summed E-state index contributed by atoms with van der Waals surface area (Å²) in [5.74, 6) is 0. The van der Waals surface area contributed by atoms with Crippen molar-refractivity contribution in [2.75, 3.05) is 0 Å². The summed E-state index contributed by atoms with van der Waals surface area (Å²) in [4.78, 5) is 0. The Morgan fingerprint density at radius 3 is 1.00 bits per heavy atom. The molecule has 0 unspecified atom stereocenters. The summed E-state index contributed by atoms with van der Waals surface area (Å²) in [7, 11) is 0. The average molecular weight is 53.9 g/mol. The summed E-state index contributed by atoms with van der Waals surface area (Å²) in [5, 5.41) is 0. The summed E-state index contributed by atoms with van der Waals surface area (Å²) >= 11 is 0. The van der Waals surface area contributed by atoms with Gasteiger partial charge in [-0.3, -0.25) is 4.70 Å². The fraction of sp³-hybridized carbons (Fsp3) is 0. The molecule has 0 rings (SSSR count). The molecule has 0 aliphatic heterocycles. The van der Waals surface area contributed by atoms with Crippen molar-refractivity contribution in [3.05, 3.63) is 0 Å². The standard InChI is InChI=1S/2FH.2Li.H/h2*1H;;;/q;;2*+1;-1/p-1. The van der Waals surface area contributed by atoms with E-state index in [1.165, 1.54) is 0 Å². The van der Waals surface area contributed by atoms with Crippen LogP contribution >= 0.6 is 0 Å². The van der Waals surface area contributed by atoms with Crippen LogP contribution in [0, 0.1) is 0 Å². The van der Waals surface area contributed by atoms with Crippen molar-refractivity contribution < 1.29 is 48.6 Å². The van der Waals surface area contributed by atoms with Gasteiger partial charge in [-0.1, -0.05) is 0 Å². The van der Waals surface area contributed by atoms with Crippen molar-refractivity contribution in [3.63, 3.8) is 0 Å². The molecule has 0 amide bonds. The fourth-order valence-corrected chi connectivity index (χ4v) is 0. The summed E-state index contributed by atoms with van der Waals surface area (Å²) in [6.07, 6.45) is 0. The second-order valence-corrected chi connectivity index (χ2v) is 0. The first-order valence-electron chi connectivity index (χ1n) is 0. The Kier molecular flexibility index (Phi) is 635. The predicted molar refractivity (Wildman–Crippen MR) is 3.62 cm³/mol. The topological polar surface area (TPSA) is 0 Å². The molecule has 0 aliphatic rings. The first-order chi connectivity index (χ1) is 0. The van der Waals surface area contributed by atoms with Crippen LogP contribution in [0.5, 0.6) is 0 Å². The zero-order valence-electron chi connectivity index (χ0n) is 3.79. The molecule has 4 heavy (non-hydrogen) atoms. The molecular formula is H2F2Li2. The van der Waals surface area contributed by atoms with Crippen LogP contribution in [0.1, 0.15) is 1.43 Å². The predicted octanol–water partition coefficient (Wildman–Crippen LogP) is -8.72. The zero-order valence-corrected chi connectivity index (χ0v) is 2.79. The molecule has 0 atom stereocenters. The fourth-order valence-electron chi connectivity index (χ4n) is 0. The summed E-state index contributed by atoms with van der Waals surface area (Å²) in [5.41, 5.74) is 0. The van der Waals surface area contributed by atoms with Crippen molar-refractivity contribution in [2.45, 2.75) is 0 Å². The van der Waals surface area contributed by atoms with Crippen molar-refractivity contribution in [3.8, 4) is 0 Å². The first-order valence-corrected chi connectivity index (χ1v) is 0. The molecule has 18 valence electrons. The van der Waals surface area contributed by atoms with Crippen molar-refractivity contribution in [1.29, 1.82) is 0 Å². The van der Waals surface area contributed by atoms with E-state index in [9.17, 15) is 0 Å². The van der Waals surface area contributed by atoms with E-state index in [2.05, 4.69) is 0 Å². The van der Waals surface area contributed by atoms with Gasteiger partial charge < -0.3 is 6.13 Å². The monoisotopic (exact) mass is 54.0 g/mol. The molecule has 0 aromatic carbocycles. The smallest absolute Gasteiger partial charge is 1.00 e. The summed E-state index contributed by atoms with van der Waals surface area (Å²) < 4.78 is 0. The molecule has 4 heteroatoms. The van der Waals surface area contributed by atoms with Gasteiger partial charge in [0.1, 0.15) is 0 Å². The number of hydrogen-bond donors (Lipinski definition) is 0. The Morgan fingerprint density at radius 1 is 1.00 bits per heavy atom. The van der Waals surface area contributed by atoms with Gasteiger partial charge in [-0.15, -0.1) is 0 Å². The molecule has 0 N–H and O–H groups in total. The molecule has 0 bridgehead atoms. The van der Waals surface area contributed by atoms with Crippen molar-refractivity contribution in [1.82, 2.24) is 0 Å². The van der Waals surface area contributed by atoms with Gasteiger partial charge in [-0.25, -0.2) is 0 Å². The van der Waals surface area contributed by atoms with Crippen LogP contribution in [0.4, 0.5) is 4.70 Å². The van der Waals surface area contributed by atoms with Crippen LogP contribution in [0.15, 0.2) is 0 Å². The van der Waals surface area contributed by atoms with E-state index in [0.29, 0.717) is 0 Å². The minimum atomic E-state index is 0. The Morgan fingerprint density at radius 2 is 1.00 bits per heavy atom. The maximum atomic E-state index is 0. The van der Waals surface area contributed by atoms with Crippen LogP contribution in [0.3, 0.4) is 0 Å². The second-order valence-electron chi connectivity index (χ2n) is 0. The third kappa shape index (κ3) is 11.6. The summed E-state index contributed by atoms with van der Waals surface area (Å²) in [6, 6.07) is 0. The maximum absolute atomic E-state index is 0. The molecule has 0 saturated carbocycles. The SMILES string of the molecule is F.[F-].[H-].[Li+].[Li+]. The minimum Gasteiger partial charge on any atom is -1.00 e. The molecule has 0 radical (unpaired) electrons. The van der Waals surface area contributed by atoms with Gasteiger partial charge in [0.15, 0.2) is 0 Å². The molecule has 0 aromatic heterocycles. The largest absolute Gasteiger partial charge is 1.00 e. The Hall–Kier alpha value is 1.05. The minimum absolute atomic E-state index is 0. The van der Waals surface area contributed by atoms with E-state index in [4.69, 9.17) is 0 Å². The Balaban J connectivity index is 0. The normalized spacial score (nSPS) is 0. The van der Waals surface area contributed by atoms with E-state index in [-0.39, 0.29) is 48.6 Å². The van der Waals surface area contributed by atoms with Gasteiger partial charge in [0.2, 0.25) is 0 Å². The first kappa shape index (κ1) is 74.7. The van der Waals surface area contributed by atoms with Crippen LogP contribution in [0.2, 0.25) is 0 Å². The molecule has 0 aliphatic carbocycles. The van der Waals surface area contributed by atoms with E-state index in [1.54, 1.807) is 0 Å². The van der Waals surface area contributed by atoms with E-state index in [1.807, 2.05) is 0 Å². The van der Waals surface area contributed by atoms with E-state index < -0.39 is 0 Å². The van der Waals surface area contributed by atoms with Gasteiger partial charge in [0.25, 0.3) is 0 Å². The van der Waals surface area contributed by atoms with Gasteiger partial charge in [0, 0.05) is 0 Å². The average Bonchev–Trinajstić information content (AvgIpc) is 0. The third-order valence-electron chi connectivity index (χ3n) is 0. The van der Waals surface area contributed by atoms with Crippen LogP contribution in [-0.2, 0) is 0 Å². The molecular weight excluding hydrogens is 51.9 g/mol. The van der Waals surface area contributed by atoms with Crippen LogP contribution in [0.25, 0.3) is 0 Å². The van der Waals surface area contributed by atoms with E-state index in [0.717, 1.165) is 0 Å². The molecule has 0 heterocycles. The molecule has 0 saturated heterocycles.